The van der Waals surface area contributed by atoms with Gasteiger partial charge in [-0.3, -0.25) is 10.2 Å². The Morgan fingerprint density at radius 2 is 1.88 bits per heavy atom. The van der Waals surface area contributed by atoms with E-state index in [1.165, 1.54) is 0 Å². The Kier molecular flexibility index (Phi) is 5.27. The Labute approximate surface area is 153 Å². The largest absolute Gasteiger partial charge is 0.378 e. The van der Waals surface area contributed by atoms with Gasteiger partial charge in [0, 0.05) is 42.3 Å². The van der Waals surface area contributed by atoms with Gasteiger partial charge in [-0.05, 0) is 42.8 Å². The quantitative estimate of drug-likeness (QED) is 0.786. The second-order valence-electron chi connectivity index (χ2n) is 6.55. The summed E-state index contributed by atoms with van der Waals surface area (Å²) in [5.41, 5.74) is 9.10. The van der Waals surface area contributed by atoms with Gasteiger partial charge in [-0.25, -0.2) is 5.43 Å². The molecule has 3 rings (SSSR count). The van der Waals surface area contributed by atoms with E-state index < -0.39 is 0 Å². The highest BCUT2D eigenvalue weighted by atomic mass is 35.5. The van der Waals surface area contributed by atoms with Crippen molar-refractivity contribution >= 4 is 23.2 Å². The SMILES string of the molecule is CC1NNC(NC(=O)c2cccc(N(C)C)c2)C1c1cccc(Cl)c1. The minimum Gasteiger partial charge on any atom is -0.378 e. The van der Waals surface area contributed by atoms with Crippen molar-refractivity contribution in [2.24, 2.45) is 0 Å². The number of hydrazine groups is 1. The van der Waals surface area contributed by atoms with E-state index in [9.17, 15) is 4.79 Å². The minimum atomic E-state index is -0.219. The van der Waals surface area contributed by atoms with Crippen molar-refractivity contribution in [3.8, 4) is 0 Å². The lowest BCUT2D eigenvalue weighted by atomic mass is 9.91. The molecule has 1 aliphatic rings. The molecule has 25 heavy (non-hydrogen) atoms. The first-order valence-corrected chi connectivity index (χ1v) is 8.68. The lowest BCUT2D eigenvalue weighted by Crippen LogP contribution is -2.46. The van der Waals surface area contributed by atoms with Crippen molar-refractivity contribution in [3.05, 3.63) is 64.7 Å². The van der Waals surface area contributed by atoms with E-state index in [1.807, 2.05) is 67.5 Å². The molecule has 3 atom stereocenters. The molecule has 3 unspecified atom stereocenters. The summed E-state index contributed by atoms with van der Waals surface area (Å²) < 4.78 is 0. The van der Waals surface area contributed by atoms with Gasteiger partial charge in [0.1, 0.15) is 6.17 Å². The molecule has 1 saturated heterocycles. The van der Waals surface area contributed by atoms with E-state index in [0.29, 0.717) is 10.6 Å². The van der Waals surface area contributed by atoms with E-state index in [2.05, 4.69) is 23.1 Å². The van der Waals surface area contributed by atoms with Gasteiger partial charge < -0.3 is 10.2 Å². The van der Waals surface area contributed by atoms with Gasteiger partial charge in [-0.2, -0.15) is 0 Å². The number of amides is 1. The number of nitrogens with zero attached hydrogens (tertiary/aromatic N) is 1. The highest BCUT2D eigenvalue weighted by Crippen LogP contribution is 2.28. The van der Waals surface area contributed by atoms with Crippen LogP contribution in [0.4, 0.5) is 5.69 Å². The summed E-state index contributed by atoms with van der Waals surface area (Å²) in [7, 11) is 3.91. The fourth-order valence-electron chi connectivity index (χ4n) is 3.16. The molecule has 1 amide bonds. The van der Waals surface area contributed by atoms with Crippen molar-refractivity contribution in [2.75, 3.05) is 19.0 Å². The van der Waals surface area contributed by atoms with Crippen LogP contribution in [0, 0.1) is 0 Å². The highest BCUT2D eigenvalue weighted by Gasteiger charge is 2.35. The summed E-state index contributed by atoms with van der Waals surface area (Å²) in [4.78, 5) is 14.7. The van der Waals surface area contributed by atoms with E-state index >= 15 is 0 Å². The van der Waals surface area contributed by atoms with Gasteiger partial charge in [0.2, 0.25) is 0 Å². The second-order valence-corrected chi connectivity index (χ2v) is 6.99. The molecule has 6 heteroatoms. The summed E-state index contributed by atoms with van der Waals surface area (Å²) in [5, 5.41) is 3.78. The maximum absolute atomic E-state index is 12.7. The minimum absolute atomic E-state index is 0.0830. The Hall–Kier alpha value is -2.08. The molecule has 3 N–H and O–H groups in total. The molecule has 0 spiro atoms. The number of rotatable bonds is 4. The molecule has 0 bridgehead atoms. The average Bonchev–Trinajstić information content (AvgIpc) is 2.95. The van der Waals surface area contributed by atoms with Crippen molar-refractivity contribution in [1.82, 2.24) is 16.2 Å². The van der Waals surface area contributed by atoms with Crippen molar-refractivity contribution in [1.29, 1.82) is 0 Å². The standard InChI is InChI=1S/C19H23ClN4O/c1-12-17(13-6-4-8-15(20)10-13)18(23-22-12)21-19(25)14-7-5-9-16(11-14)24(2)3/h4-12,17-18,22-23H,1-3H3,(H,21,25). The number of carbonyl (C=O) groups excluding carboxylic acids is 1. The molecular formula is C19H23ClN4O. The maximum Gasteiger partial charge on any atom is 0.252 e. The summed E-state index contributed by atoms with van der Waals surface area (Å²) in [5.74, 6) is -0.0243. The van der Waals surface area contributed by atoms with Crippen molar-refractivity contribution in [2.45, 2.75) is 25.0 Å². The zero-order valence-corrected chi connectivity index (χ0v) is 15.3. The van der Waals surface area contributed by atoms with Crippen LogP contribution >= 0.6 is 11.6 Å². The molecular weight excluding hydrogens is 336 g/mol. The van der Waals surface area contributed by atoms with Crippen LogP contribution in [0.3, 0.4) is 0 Å². The van der Waals surface area contributed by atoms with E-state index in [-0.39, 0.29) is 24.0 Å². The van der Waals surface area contributed by atoms with Gasteiger partial charge in [0.05, 0.1) is 0 Å². The van der Waals surface area contributed by atoms with Crippen LogP contribution in [0.5, 0.6) is 0 Å². The average molecular weight is 359 g/mol. The first kappa shape index (κ1) is 17.7. The molecule has 0 radical (unpaired) electrons. The zero-order valence-electron chi connectivity index (χ0n) is 14.6. The molecule has 1 heterocycles. The third-order valence-electron chi connectivity index (χ3n) is 4.51. The van der Waals surface area contributed by atoms with Gasteiger partial charge in [-0.15, -0.1) is 0 Å². The Bertz CT molecular complexity index is 765. The van der Waals surface area contributed by atoms with Crippen molar-refractivity contribution < 1.29 is 4.79 Å². The maximum atomic E-state index is 12.7. The summed E-state index contributed by atoms with van der Waals surface area (Å²) >= 11 is 6.13. The normalized spacial score (nSPS) is 22.6. The topological polar surface area (TPSA) is 56.4 Å². The molecule has 0 aliphatic carbocycles. The number of hydrogen-bond acceptors (Lipinski definition) is 4. The number of anilines is 1. The Morgan fingerprint density at radius 1 is 1.12 bits per heavy atom. The van der Waals surface area contributed by atoms with E-state index in [0.717, 1.165) is 11.3 Å². The smallest absolute Gasteiger partial charge is 0.252 e. The van der Waals surface area contributed by atoms with Crippen LogP contribution in [-0.2, 0) is 0 Å². The third-order valence-corrected chi connectivity index (χ3v) is 4.74. The Morgan fingerprint density at radius 3 is 2.60 bits per heavy atom. The zero-order chi connectivity index (χ0) is 18.0. The monoisotopic (exact) mass is 358 g/mol. The van der Waals surface area contributed by atoms with Gasteiger partial charge in [0.25, 0.3) is 5.91 Å². The number of halogens is 1. The molecule has 0 saturated carbocycles. The second kappa shape index (κ2) is 7.44. The number of nitrogens with one attached hydrogen (secondary N) is 3. The predicted molar refractivity (Wildman–Crippen MR) is 102 cm³/mol. The lowest BCUT2D eigenvalue weighted by molar-refractivity contribution is 0.0928. The molecule has 2 aromatic carbocycles. The fourth-order valence-corrected chi connectivity index (χ4v) is 3.36. The first-order chi connectivity index (χ1) is 12.0. The molecule has 5 nitrogen and oxygen atoms in total. The fraction of sp³-hybridized carbons (Fsp3) is 0.316. The van der Waals surface area contributed by atoms with Crippen LogP contribution < -0.4 is 21.1 Å². The van der Waals surface area contributed by atoms with Crippen LogP contribution in [0.2, 0.25) is 5.02 Å². The molecule has 2 aromatic rings. The number of carbonyl (C=O) groups is 1. The van der Waals surface area contributed by atoms with Crippen LogP contribution in [0.15, 0.2) is 48.5 Å². The van der Waals surface area contributed by atoms with Gasteiger partial charge >= 0.3 is 0 Å². The Balaban J connectivity index is 1.79. The van der Waals surface area contributed by atoms with Gasteiger partial charge in [0.15, 0.2) is 0 Å². The predicted octanol–water partition coefficient (Wildman–Crippen LogP) is 2.74. The van der Waals surface area contributed by atoms with Crippen LogP contribution in [-0.4, -0.2) is 32.2 Å². The molecule has 0 aromatic heterocycles. The molecule has 1 fully saturated rings. The molecule has 1 aliphatic heterocycles. The number of hydrogen-bond donors (Lipinski definition) is 3. The van der Waals surface area contributed by atoms with Gasteiger partial charge in [-0.1, -0.05) is 29.8 Å². The highest BCUT2D eigenvalue weighted by molar-refractivity contribution is 6.30. The summed E-state index contributed by atoms with van der Waals surface area (Å²) in [6, 6.07) is 15.5. The van der Waals surface area contributed by atoms with E-state index in [1.54, 1.807) is 0 Å². The first-order valence-electron chi connectivity index (χ1n) is 8.30. The van der Waals surface area contributed by atoms with Crippen LogP contribution in [0.1, 0.15) is 28.8 Å². The number of benzene rings is 2. The van der Waals surface area contributed by atoms with Crippen LogP contribution in [0.25, 0.3) is 0 Å². The molecule has 132 valence electrons. The summed E-state index contributed by atoms with van der Waals surface area (Å²) in [6.45, 7) is 2.08. The summed E-state index contributed by atoms with van der Waals surface area (Å²) in [6.07, 6.45) is -0.219. The third kappa shape index (κ3) is 3.95. The van der Waals surface area contributed by atoms with Crippen molar-refractivity contribution in [3.63, 3.8) is 0 Å². The lowest BCUT2D eigenvalue weighted by Gasteiger charge is -2.23. The van der Waals surface area contributed by atoms with E-state index in [4.69, 9.17) is 11.6 Å².